The number of hydrogen-bond acceptors (Lipinski definition) is 2. The lowest BCUT2D eigenvalue weighted by Crippen LogP contribution is -2.36. The summed E-state index contributed by atoms with van der Waals surface area (Å²) in [7, 11) is 0. The molecule has 0 aromatic carbocycles. The van der Waals surface area contributed by atoms with Gasteiger partial charge in [-0.1, -0.05) is 0 Å². The molecule has 1 aliphatic rings. The lowest BCUT2D eigenvalue weighted by Gasteiger charge is -2.29. The first-order chi connectivity index (χ1) is 4.30. The van der Waals surface area contributed by atoms with E-state index in [9.17, 15) is 0 Å². The minimum absolute atomic E-state index is 0.724. The van der Waals surface area contributed by atoms with Crippen LogP contribution in [0.4, 0.5) is 0 Å². The fourth-order valence-corrected chi connectivity index (χ4v) is 1.77. The summed E-state index contributed by atoms with van der Waals surface area (Å²) in [4.78, 5) is 2.48. The molecule has 0 N–H and O–H groups in total. The van der Waals surface area contributed by atoms with E-state index in [2.05, 4.69) is 24.5 Å². The van der Waals surface area contributed by atoms with Gasteiger partial charge in [0.15, 0.2) is 0 Å². The van der Waals surface area contributed by atoms with Crippen molar-refractivity contribution in [2.75, 3.05) is 18.8 Å². The fraction of sp³-hybridized carbons (Fsp3) is 0.857. The summed E-state index contributed by atoms with van der Waals surface area (Å²) in [6.07, 6.45) is 0. The molecule has 1 aliphatic heterocycles. The van der Waals surface area contributed by atoms with Gasteiger partial charge in [0.05, 0.1) is 0 Å². The van der Waals surface area contributed by atoms with Crippen LogP contribution in [-0.4, -0.2) is 29.8 Å². The highest BCUT2D eigenvalue weighted by Crippen LogP contribution is 2.15. The topological polar surface area (TPSA) is 3.24 Å². The molecule has 1 fully saturated rings. The lowest BCUT2D eigenvalue weighted by atomic mass is 10.3. The minimum Gasteiger partial charge on any atom is -0.299 e. The third-order valence-electron chi connectivity index (χ3n) is 1.65. The average molecular weight is 144 g/mol. The monoisotopic (exact) mass is 144 g/mol. The molecular formula is C7H14NS. The van der Waals surface area contributed by atoms with Gasteiger partial charge in [-0.05, 0) is 13.8 Å². The predicted octanol–water partition coefficient (Wildman–Crippen LogP) is 1.61. The van der Waals surface area contributed by atoms with Crippen LogP contribution in [0.15, 0.2) is 0 Å². The maximum absolute atomic E-state index is 2.48. The van der Waals surface area contributed by atoms with Gasteiger partial charge in [-0.15, -0.1) is 0 Å². The van der Waals surface area contributed by atoms with E-state index in [1.165, 1.54) is 18.8 Å². The van der Waals surface area contributed by atoms with Crippen molar-refractivity contribution in [1.82, 2.24) is 4.90 Å². The first-order valence-corrected chi connectivity index (χ1v) is 4.53. The molecule has 0 aliphatic carbocycles. The van der Waals surface area contributed by atoms with Crippen LogP contribution >= 0.6 is 11.8 Å². The molecule has 1 nitrogen and oxygen atoms in total. The SMILES string of the molecule is CC(C)N1C[CH]SCC1. The maximum atomic E-state index is 2.48. The van der Waals surface area contributed by atoms with Crippen LogP contribution in [0.3, 0.4) is 0 Å². The normalized spacial score (nSPS) is 23.0. The van der Waals surface area contributed by atoms with Crippen molar-refractivity contribution in [2.24, 2.45) is 0 Å². The van der Waals surface area contributed by atoms with Gasteiger partial charge in [0.1, 0.15) is 0 Å². The molecule has 0 amide bonds. The smallest absolute Gasteiger partial charge is 0.0306 e. The zero-order valence-electron chi connectivity index (χ0n) is 6.13. The summed E-state index contributed by atoms with van der Waals surface area (Å²) in [6.45, 7) is 6.94. The Kier molecular flexibility index (Phi) is 2.86. The Balaban J connectivity index is 2.23. The van der Waals surface area contributed by atoms with Crippen molar-refractivity contribution in [3.8, 4) is 0 Å². The highest BCUT2D eigenvalue weighted by atomic mass is 32.2. The molecule has 0 unspecified atom stereocenters. The Morgan fingerprint density at radius 3 is 2.67 bits per heavy atom. The van der Waals surface area contributed by atoms with Crippen LogP contribution in [0.2, 0.25) is 0 Å². The van der Waals surface area contributed by atoms with Gasteiger partial charge in [0.2, 0.25) is 0 Å². The van der Waals surface area contributed by atoms with E-state index in [-0.39, 0.29) is 0 Å². The molecule has 9 heavy (non-hydrogen) atoms. The van der Waals surface area contributed by atoms with Crippen LogP contribution < -0.4 is 0 Å². The second-order valence-electron chi connectivity index (χ2n) is 2.63. The zero-order valence-corrected chi connectivity index (χ0v) is 6.95. The highest BCUT2D eigenvalue weighted by Gasteiger charge is 2.12. The molecule has 0 aromatic rings. The van der Waals surface area contributed by atoms with Gasteiger partial charge in [-0.25, -0.2) is 0 Å². The average Bonchev–Trinajstić information content (AvgIpc) is 1.90. The first kappa shape index (κ1) is 7.42. The van der Waals surface area contributed by atoms with Crippen molar-refractivity contribution in [3.05, 3.63) is 5.75 Å². The lowest BCUT2D eigenvalue weighted by molar-refractivity contribution is 0.254. The van der Waals surface area contributed by atoms with Crippen LogP contribution in [0.25, 0.3) is 0 Å². The van der Waals surface area contributed by atoms with E-state index in [1.54, 1.807) is 0 Å². The zero-order chi connectivity index (χ0) is 6.69. The van der Waals surface area contributed by atoms with Crippen LogP contribution in [0.5, 0.6) is 0 Å². The van der Waals surface area contributed by atoms with E-state index < -0.39 is 0 Å². The summed E-state index contributed by atoms with van der Waals surface area (Å²) >= 11 is 1.95. The number of hydrogen-bond donors (Lipinski definition) is 0. The second kappa shape index (κ2) is 3.47. The predicted molar refractivity (Wildman–Crippen MR) is 43.5 cm³/mol. The first-order valence-electron chi connectivity index (χ1n) is 3.48. The summed E-state index contributed by atoms with van der Waals surface area (Å²) < 4.78 is 0. The molecule has 0 bridgehead atoms. The third kappa shape index (κ3) is 2.18. The molecule has 0 saturated carbocycles. The summed E-state index contributed by atoms with van der Waals surface area (Å²) in [5.74, 6) is 3.57. The highest BCUT2D eigenvalue weighted by molar-refractivity contribution is 8.01. The van der Waals surface area contributed by atoms with Crippen LogP contribution in [0.1, 0.15) is 13.8 Å². The summed E-state index contributed by atoms with van der Waals surface area (Å²) in [6, 6.07) is 0.724. The van der Waals surface area contributed by atoms with E-state index in [4.69, 9.17) is 0 Å². The van der Waals surface area contributed by atoms with Crippen molar-refractivity contribution < 1.29 is 0 Å². The standard InChI is InChI=1S/C7H14NS/c1-7(2)8-3-5-9-6-4-8/h5,7H,3-4,6H2,1-2H3. The Morgan fingerprint density at radius 1 is 1.56 bits per heavy atom. The molecule has 0 aromatic heterocycles. The van der Waals surface area contributed by atoms with Crippen molar-refractivity contribution in [1.29, 1.82) is 0 Å². The van der Waals surface area contributed by atoms with E-state index >= 15 is 0 Å². The van der Waals surface area contributed by atoms with Gasteiger partial charge in [-0.2, -0.15) is 11.8 Å². The molecule has 1 radical (unpaired) electrons. The third-order valence-corrected chi connectivity index (χ3v) is 2.46. The van der Waals surface area contributed by atoms with Gasteiger partial charge < -0.3 is 0 Å². The molecule has 1 rings (SSSR count). The van der Waals surface area contributed by atoms with Crippen molar-refractivity contribution in [3.63, 3.8) is 0 Å². The van der Waals surface area contributed by atoms with Crippen LogP contribution in [-0.2, 0) is 0 Å². The molecule has 1 heterocycles. The molecule has 0 spiro atoms. The molecular weight excluding hydrogens is 130 g/mol. The molecule has 0 atom stereocenters. The van der Waals surface area contributed by atoms with Crippen molar-refractivity contribution in [2.45, 2.75) is 19.9 Å². The van der Waals surface area contributed by atoms with Crippen LogP contribution in [0, 0.1) is 5.75 Å². The quantitative estimate of drug-likeness (QED) is 0.550. The van der Waals surface area contributed by atoms with Gasteiger partial charge in [0, 0.05) is 30.6 Å². The number of thioether (sulfide) groups is 1. The van der Waals surface area contributed by atoms with E-state index in [1.807, 2.05) is 11.8 Å². The second-order valence-corrected chi connectivity index (χ2v) is 3.70. The number of rotatable bonds is 1. The number of nitrogens with zero attached hydrogens (tertiary/aromatic N) is 1. The van der Waals surface area contributed by atoms with Gasteiger partial charge in [0.25, 0.3) is 0 Å². The van der Waals surface area contributed by atoms with E-state index in [0.29, 0.717) is 0 Å². The van der Waals surface area contributed by atoms with Crippen molar-refractivity contribution >= 4 is 11.8 Å². The Labute approximate surface area is 61.8 Å². The Morgan fingerprint density at radius 2 is 2.33 bits per heavy atom. The molecule has 2 heteroatoms. The molecule has 1 saturated heterocycles. The van der Waals surface area contributed by atoms with Gasteiger partial charge in [-0.3, -0.25) is 4.90 Å². The minimum atomic E-state index is 0.724. The fourth-order valence-electron chi connectivity index (χ4n) is 0.962. The van der Waals surface area contributed by atoms with E-state index in [0.717, 1.165) is 6.04 Å². The largest absolute Gasteiger partial charge is 0.299 e. The van der Waals surface area contributed by atoms with Gasteiger partial charge >= 0.3 is 0 Å². The maximum Gasteiger partial charge on any atom is 0.0306 e. The molecule has 53 valence electrons. The summed E-state index contributed by atoms with van der Waals surface area (Å²) in [5, 5.41) is 0. The summed E-state index contributed by atoms with van der Waals surface area (Å²) in [5.41, 5.74) is 0. The Bertz CT molecular complexity index is 77.0. The Hall–Kier alpha value is 0.310.